The average Bonchev–Trinajstić information content (AvgIpc) is 2.31. The summed E-state index contributed by atoms with van der Waals surface area (Å²) in [5, 5.41) is 25.3. The molecule has 0 saturated carbocycles. The summed E-state index contributed by atoms with van der Waals surface area (Å²) in [5.74, 6) is 0.931. The monoisotopic (exact) mass is 293 g/mol. The zero-order chi connectivity index (χ0) is 13.8. The molecule has 1 heterocycles. The van der Waals surface area contributed by atoms with Crippen LogP contribution in [0.5, 0.6) is 0 Å². The lowest BCUT2D eigenvalue weighted by molar-refractivity contribution is 0.0132. The molecular weight excluding hydrogens is 277 g/mol. The molecule has 0 fully saturated rings. The number of hydrogen-bond acceptors (Lipinski definition) is 5. The molecule has 1 rings (SSSR count). The van der Waals surface area contributed by atoms with Crippen molar-refractivity contribution in [1.29, 1.82) is 0 Å². The molecule has 0 saturated heterocycles. The van der Waals surface area contributed by atoms with Crippen molar-refractivity contribution < 1.29 is 10.2 Å². The van der Waals surface area contributed by atoms with Crippen LogP contribution in [0, 0.1) is 0 Å². The van der Waals surface area contributed by atoms with Crippen molar-refractivity contribution in [2.45, 2.75) is 19.4 Å². The maximum Gasteiger partial charge on any atom is 0.147 e. The largest absolute Gasteiger partial charge is 0.393 e. The molecule has 0 spiro atoms. The number of aromatic nitrogens is 1. The van der Waals surface area contributed by atoms with Gasteiger partial charge in [-0.2, -0.15) is 0 Å². The molecule has 5 nitrogen and oxygen atoms in total. The van der Waals surface area contributed by atoms with Gasteiger partial charge in [0.25, 0.3) is 0 Å². The Hall–Kier alpha value is -0.750. The molecule has 0 aliphatic carbocycles. The highest BCUT2D eigenvalue weighted by Crippen LogP contribution is 2.29. The van der Waals surface area contributed by atoms with E-state index in [1.807, 2.05) is 6.92 Å². The average molecular weight is 294 g/mol. The van der Waals surface area contributed by atoms with E-state index in [-0.39, 0.29) is 13.2 Å². The Balaban J connectivity index is 2.85. The van der Waals surface area contributed by atoms with Crippen molar-refractivity contribution in [3.8, 4) is 0 Å². The van der Waals surface area contributed by atoms with Crippen LogP contribution >= 0.6 is 23.2 Å². The van der Waals surface area contributed by atoms with E-state index in [4.69, 9.17) is 28.3 Å². The maximum atomic E-state index is 9.68. The summed E-state index contributed by atoms with van der Waals surface area (Å²) in [7, 11) is 0. The van der Waals surface area contributed by atoms with Gasteiger partial charge in [-0.05, 0) is 19.9 Å². The molecule has 1 aromatic heterocycles. The Morgan fingerprint density at radius 1 is 1.28 bits per heavy atom. The van der Waals surface area contributed by atoms with Crippen molar-refractivity contribution in [2.24, 2.45) is 0 Å². The fraction of sp³-hybridized carbons (Fsp3) is 0.545. The van der Waals surface area contributed by atoms with Gasteiger partial charge >= 0.3 is 0 Å². The third-order valence-corrected chi connectivity index (χ3v) is 2.83. The lowest BCUT2D eigenvalue weighted by Crippen LogP contribution is -2.37. The molecule has 18 heavy (non-hydrogen) atoms. The Morgan fingerprint density at radius 2 is 1.83 bits per heavy atom. The Bertz CT molecular complexity index is 414. The topological polar surface area (TPSA) is 77.4 Å². The summed E-state index contributed by atoms with van der Waals surface area (Å²) >= 11 is 12.0. The lowest BCUT2D eigenvalue weighted by Gasteiger charge is -2.21. The number of hydrogen-bond donors (Lipinski definition) is 4. The van der Waals surface area contributed by atoms with Crippen molar-refractivity contribution in [2.75, 3.05) is 30.3 Å². The first-order valence-electron chi connectivity index (χ1n) is 5.56. The van der Waals surface area contributed by atoms with E-state index in [2.05, 4.69) is 15.6 Å². The van der Waals surface area contributed by atoms with Gasteiger partial charge in [0.1, 0.15) is 17.2 Å². The van der Waals surface area contributed by atoms with Gasteiger partial charge in [0, 0.05) is 13.1 Å². The van der Waals surface area contributed by atoms with Gasteiger partial charge in [-0.25, -0.2) is 4.98 Å². The number of anilines is 2. The number of pyridine rings is 1. The first kappa shape index (κ1) is 15.3. The minimum absolute atomic E-state index is 0.128. The third kappa shape index (κ3) is 4.17. The van der Waals surface area contributed by atoms with E-state index in [0.29, 0.717) is 28.2 Å². The zero-order valence-corrected chi connectivity index (χ0v) is 11.8. The van der Waals surface area contributed by atoms with Crippen LogP contribution in [0.1, 0.15) is 13.8 Å². The standard InChI is InChI=1S/C11H17Cl2N3O2/c1-3-14-9-7(12)4-8(13)10(16-9)15-5-11(2,18)6-17/h4,17-18H,3,5-6H2,1-2H3,(H2,14,15,16). The second kappa shape index (κ2) is 6.43. The van der Waals surface area contributed by atoms with Gasteiger partial charge in [0.05, 0.1) is 16.7 Å². The highest BCUT2D eigenvalue weighted by atomic mass is 35.5. The third-order valence-electron chi connectivity index (χ3n) is 2.25. The first-order valence-corrected chi connectivity index (χ1v) is 6.32. The molecule has 0 radical (unpaired) electrons. The van der Waals surface area contributed by atoms with Gasteiger partial charge < -0.3 is 20.8 Å². The number of aliphatic hydroxyl groups is 2. The second-order valence-electron chi connectivity index (χ2n) is 4.19. The molecule has 0 bridgehead atoms. The summed E-state index contributed by atoms with van der Waals surface area (Å²) in [4.78, 5) is 4.22. The normalized spacial score (nSPS) is 14.1. The SMILES string of the molecule is CCNc1nc(NCC(C)(O)CO)c(Cl)cc1Cl. The van der Waals surface area contributed by atoms with Crippen molar-refractivity contribution in [3.63, 3.8) is 0 Å². The van der Waals surface area contributed by atoms with Crippen molar-refractivity contribution >= 4 is 34.8 Å². The Labute approximate surface area is 116 Å². The fourth-order valence-corrected chi connectivity index (χ4v) is 1.70. The minimum Gasteiger partial charge on any atom is -0.393 e. The molecule has 0 amide bonds. The Kier molecular flexibility index (Phi) is 5.47. The van der Waals surface area contributed by atoms with E-state index in [0.717, 1.165) is 0 Å². The highest BCUT2D eigenvalue weighted by molar-refractivity contribution is 6.37. The molecule has 1 unspecified atom stereocenters. The molecule has 0 aliphatic rings. The van der Waals surface area contributed by atoms with Gasteiger partial charge in [0.2, 0.25) is 0 Å². The minimum atomic E-state index is -1.23. The fourth-order valence-electron chi connectivity index (χ4n) is 1.21. The van der Waals surface area contributed by atoms with E-state index in [1.54, 1.807) is 6.07 Å². The van der Waals surface area contributed by atoms with E-state index in [1.165, 1.54) is 6.92 Å². The van der Waals surface area contributed by atoms with Crippen LogP contribution < -0.4 is 10.6 Å². The zero-order valence-electron chi connectivity index (χ0n) is 10.3. The maximum absolute atomic E-state index is 9.68. The quantitative estimate of drug-likeness (QED) is 0.645. The highest BCUT2D eigenvalue weighted by Gasteiger charge is 2.19. The van der Waals surface area contributed by atoms with Crippen molar-refractivity contribution in [1.82, 2.24) is 4.98 Å². The predicted molar refractivity (Wildman–Crippen MR) is 74.6 cm³/mol. The summed E-state index contributed by atoms with van der Waals surface area (Å²) in [6.07, 6.45) is 0. The molecule has 1 aromatic rings. The van der Waals surface area contributed by atoms with Crippen LogP contribution in [-0.4, -0.2) is 40.5 Å². The number of rotatable bonds is 6. The molecule has 0 aliphatic heterocycles. The van der Waals surface area contributed by atoms with Crippen LogP contribution in [0.3, 0.4) is 0 Å². The number of nitrogens with one attached hydrogen (secondary N) is 2. The molecule has 0 aromatic carbocycles. The summed E-state index contributed by atoms with van der Waals surface area (Å²) in [6.45, 7) is 3.89. The summed E-state index contributed by atoms with van der Waals surface area (Å²) < 4.78 is 0. The molecule has 102 valence electrons. The van der Waals surface area contributed by atoms with Crippen LogP contribution in [0.25, 0.3) is 0 Å². The number of aliphatic hydroxyl groups excluding tert-OH is 1. The van der Waals surface area contributed by atoms with Crippen LogP contribution in [-0.2, 0) is 0 Å². The first-order chi connectivity index (χ1) is 8.39. The van der Waals surface area contributed by atoms with Gasteiger partial charge in [-0.1, -0.05) is 23.2 Å². The molecular formula is C11H17Cl2N3O2. The summed E-state index contributed by atoms with van der Waals surface area (Å²) in [6, 6.07) is 1.57. The van der Waals surface area contributed by atoms with E-state index < -0.39 is 5.60 Å². The molecule has 7 heteroatoms. The lowest BCUT2D eigenvalue weighted by atomic mass is 10.1. The second-order valence-corrected chi connectivity index (χ2v) is 5.00. The Morgan fingerprint density at radius 3 is 2.33 bits per heavy atom. The van der Waals surface area contributed by atoms with E-state index >= 15 is 0 Å². The van der Waals surface area contributed by atoms with E-state index in [9.17, 15) is 5.11 Å². The smallest absolute Gasteiger partial charge is 0.147 e. The number of halogens is 2. The van der Waals surface area contributed by atoms with Crippen LogP contribution in [0.2, 0.25) is 10.0 Å². The van der Waals surface area contributed by atoms with Gasteiger partial charge in [-0.3, -0.25) is 0 Å². The van der Waals surface area contributed by atoms with Crippen molar-refractivity contribution in [3.05, 3.63) is 16.1 Å². The van der Waals surface area contributed by atoms with Gasteiger partial charge in [0.15, 0.2) is 0 Å². The van der Waals surface area contributed by atoms with Crippen LogP contribution in [0.15, 0.2) is 6.07 Å². The molecule has 1 atom stereocenters. The predicted octanol–water partition coefficient (Wildman–Crippen LogP) is 1.98. The summed E-state index contributed by atoms with van der Waals surface area (Å²) in [5.41, 5.74) is -1.23. The molecule has 4 N–H and O–H groups in total. The number of nitrogens with zero attached hydrogens (tertiary/aromatic N) is 1. The van der Waals surface area contributed by atoms with Gasteiger partial charge in [-0.15, -0.1) is 0 Å². The van der Waals surface area contributed by atoms with Crippen LogP contribution in [0.4, 0.5) is 11.6 Å².